The van der Waals surface area contributed by atoms with Gasteiger partial charge in [-0.2, -0.15) is 0 Å². The van der Waals surface area contributed by atoms with Crippen molar-refractivity contribution in [2.24, 2.45) is 0 Å². The van der Waals surface area contributed by atoms with Gasteiger partial charge in [0.2, 0.25) is 0 Å². The molecule has 1 aliphatic heterocycles. The molecule has 0 aromatic rings. The van der Waals surface area contributed by atoms with Crippen LogP contribution in [-0.2, 0) is 23.7 Å². The van der Waals surface area contributed by atoms with E-state index in [1.54, 1.807) is 6.92 Å². The van der Waals surface area contributed by atoms with Gasteiger partial charge >= 0.3 is 0 Å². The van der Waals surface area contributed by atoms with Crippen LogP contribution in [-0.4, -0.2) is 44.2 Å². The summed E-state index contributed by atoms with van der Waals surface area (Å²) in [6.45, 7) is 1.96. The van der Waals surface area contributed by atoms with Gasteiger partial charge in [0.05, 0.1) is 12.7 Å². The van der Waals surface area contributed by atoms with Gasteiger partial charge < -0.3 is 23.7 Å². The second kappa shape index (κ2) is 6.51. The molecule has 1 rings (SSSR count). The van der Waals surface area contributed by atoms with Crippen molar-refractivity contribution in [2.75, 3.05) is 13.7 Å². The van der Waals surface area contributed by atoms with E-state index in [4.69, 9.17) is 40.3 Å². The van der Waals surface area contributed by atoms with E-state index in [0.29, 0.717) is 0 Å². The van der Waals surface area contributed by atoms with E-state index in [9.17, 15) is 0 Å². The van der Waals surface area contributed by atoms with Crippen molar-refractivity contribution in [3.8, 4) is 0 Å². The molecule has 5 atom stereocenters. The molecule has 0 spiro atoms. The summed E-state index contributed by atoms with van der Waals surface area (Å²) in [6.07, 6.45) is -2.20. The molecule has 0 amide bonds. The lowest BCUT2D eigenvalue weighted by molar-refractivity contribution is -0.236. The van der Waals surface area contributed by atoms with Crippen LogP contribution in [0.2, 0.25) is 0 Å². The first-order valence-electron chi connectivity index (χ1n) is 4.90. The molecular formula is C11H16O5. The van der Waals surface area contributed by atoms with Crippen LogP contribution >= 0.6 is 0 Å². The molecule has 0 aromatic carbocycles. The van der Waals surface area contributed by atoms with Crippen molar-refractivity contribution in [1.82, 2.24) is 0 Å². The van der Waals surface area contributed by atoms with Gasteiger partial charge in [-0.05, 0) is 6.92 Å². The number of hydrogen-bond acceptors (Lipinski definition) is 5. The molecule has 16 heavy (non-hydrogen) atoms. The quantitative estimate of drug-likeness (QED) is 0.689. The summed E-state index contributed by atoms with van der Waals surface area (Å²) in [5.74, 6) is 0. The number of methoxy groups -OCH3 is 1. The predicted octanol–water partition coefficient (Wildman–Crippen LogP) is 0.581. The van der Waals surface area contributed by atoms with E-state index in [0.717, 1.165) is 0 Å². The second-order valence-corrected chi connectivity index (χ2v) is 3.61. The van der Waals surface area contributed by atoms with E-state index in [2.05, 4.69) is 4.74 Å². The first-order chi connectivity index (χ1) is 7.69. The van der Waals surface area contributed by atoms with Gasteiger partial charge in [0, 0.05) is 7.11 Å². The average Bonchev–Trinajstić information content (AvgIpc) is 2.28. The molecule has 6 radical (unpaired) electrons. The van der Waals surface area contributed by atoms with E-state index in [1.807, 2.05) is 0 Å². The monoisotopic (exact) mass is 228 g/mol. The summed E-state index contributed by atoms with van der Waals surface area (Å²) < 4.78 is 25.0. The standard InChI is InChI=1S/C11H16O5/c1-7-9(13-3)11(15-5)10(14-4)8(16-7)6-12-2/h2-3,5,7-11H,6H2,1,4H3. The molecule has 1 aliphatic rings. The van der Waals surface area contributed by atoms with E-state index >= 15 is 0 Å². The van der Waals surface area contributed by atoms with Crippen LogP contribution < -0.4 is 0 Å². The zero-order valence-electron chi connectivity index (χ0n) is 9.37. The topological polar surface area (TPSA) is 46.2 Å². The number of ether oxygens (including phenoxy) is 5. The lowest BCUT2D eigenvalue weighted by atomic mass is 9.95. The van der Waals surface area contributed by atoms with Crippen molar-refractivity contribution < 1.29 is 23.7 Å². The highest BCUT2D eigenvalue weighted by atomic mass is 16.6. The highest BCUT2D eigenvalue weighted by Gasteiger charge is 2.45. The van der Waals surface area contributed by atoms with Crippen LogP contribution in [0.1, 0.15) is 6.92 Å². The molecule has 0 N–H and O–H groups in total. The van der Waals surface area contributed by atoms with E-state index < -0.39 is 18.3 Å². The van der Waals surface area contributed by atoms with Crippen molar-refractivity contribution in [1.29, 1.82) is 0 Å². The Balaban J connectivity index is 2.78. The summed E-state index contributed by atoms with van der Waals surface area (Å²) in [5, 5.41) is 0. The maximum Gasteiger partial charge on any atom is 0.116 e. The lowest BCUT2D eigenvalue weighted by Gasteiger charge is -2.43. The first-order valence-corrected chi connectivity index (χ1v) is 4.90. The SMILES string of the molecule is [CH]OCC1OC(C)C(O[CH])C(O[CH])C1OC. The third kappa shape index (κ3) is 2.73. The molecule has 5 unspecified atom stereocenters. The Morgan fingerprint density at radius 3 is 2.12 bits per heavy atom. The van der Waals surface area contributed by atoms with Crippen molar-refractivity contribution >= 4 is 0 Å². The molecule has 90 valence electrons. The van der Waals surface area contributed by atoms with Crippen molar-refractivity contribution in [3.63, 3.8) is 0 Å². The predicted molar refractivity (Wildman–Crippen MR) is 53.7 cm³/mol. The van der Waals surface area contributed by atoms with Crippen molar-refractivity contribution in [2.45, 2.75) is 37.4 Å². The molecule has 1 fully saturated rings. The third-order valence-electron chi connectivity index (χ3n) is 2.71. The fourth-order valence-electron chi connectivity index (χ4n) is 1.95. The summed E-state index contributed by atoms with van der Waals surface area (Å²) >= 11 is 0. The highest BCUT2D eigenvalue weighted by molar-refractivity contribution is 4.93. The zero-order valence-corrected chi connectivity index (χ0v) is 9.37. The van der Waals surface area contributed by atoms with Crippen LogP contribution in [0.3, 0.4) is 0 Å². The van der Waals surface area contributed by atoms with Crippen LogP contribution in [0.5, 0.6) is 0 Å². The van der Waals surface area contributed by atoms with Gasteiger partial charge in [0.25, 0.3) is 0 Å². The Labute approximate surface area is 97.0 Å². The summed E-state index contributed by atoms with van der Waals surface area (Å²) in [6, 6.07) is 0. The van der Waals surface area contributed by atoms with Crippen LogP contribution in [0, 0.1) is 21.3 Å². The average molecular weight is 228 g/mol. The van der Waals surface area contributed by atoms with Gasteiger partial charge in [0.1, 0.15) is 45.7 Å². The van der Waals surface area contributed by atoms with Crippen molar-refractivity contribution in [3.05, 3.63) is 21.3 Å². The maximum atomic E-state index is 5.60. The summed E-state index contributed by atoms with van der Waals surface area (Å²) in [4.78, 5) is 0. The van der Waals surface area contributed by atoms with Crippen LogP contribution in [0.4, 0.5) is 0 Å². The molecule has 5 heteroatoms. The molecule has 0 aromatic heterocycles. The minimum atomic E-state index is -0.543. The Morgan fingerprint density at radius 2 is 1.69 bits per heavy atom. The molecule has 1 heterocycles. The summed E-state index contributed by atoms with van der Waals surface area (Å²) in [5.41, 5.74) is 0. The fraction of sp³-hybridized carbons (Fsp3) is 0.727. The second-order valence-electron chi connectivity index (χ2n) is 3.61. The molecule has 5 nitrogen and oxygen atoms in total. The normalized spacial score (nSPS) is 39.9. The highest BCUT2D eigenvalue weighted by Crippen LogP contribution is 2.27. The Bertz CT molecular complexity index is 199. The first kappa shape index (κ1) is 13.9. The van der Waals surface area contributed by atoms with Gasteiger partial charge in [-0.15, -0.1) is 0 Å². The van der Waals surface area contributed by atoms with Gasteiger partial charge in [-0.1, -0.05) is 0 Å². The Hall–Kier alpha value is -0.200. The van der Waals surface area contributed by atoms with Gasteiger partial charge in [-0.25, -0.2) is 0 Å². The molecule has 0 saturated carbocycles. The van der Waals surface area contributed by atoms with E-state index in [1.165, 1.54) is 7.11 Å². The summed E-state index contributed by atoms with van der Waals surface area (Å²) in [7, 11) is 16.9. The maximum absolute atomic E-state index is 5.60. The Morgan fingerprint density at radius 1 is 1.06 bits per heavy atom. The van der Waals surface area contributed by atoms with E-state index in [-0.39, 0.29) is 18.8 Å². The fourth-order valence-corrected chi connectivity index (χ4v) is 1.95. The van der Waals surface area contributed by atoms with Crippen LogP contribution in [0.15, 0.2) is 0 Å². The third-order valence-corrected chi connectivity index (χ3v) is 2.71. The van der Waals surface area contributed by atoms with Gasteiger partial charge in [-0.3, -0.25) is 0 Å². The zero-order chi connectivity index (χ0) is 12.1. The smallest absolute Gasteiger partial charge is 0.116 e. The molecule has 1 saturated heterocycles. The van der Waals surface area contributed by atoms with Crippen LogP contribution in [0.25, 0.3) is 0 Å². The number of hydrogen-bond donors (Lipinski definition) is 0. The minimum absolute atomic E-state index is 0.167. The number of rotatable bonds is 5. The molecular weight excluding hydrogens is 212 g/mol. The Kier molecular flexibility index (Phi) is 5.64. The molecule has 0 bridgehead atoms. The lowest BCUT2D eigenvalue weighted by Crippen LogP contribution is -2.59. The molecule has 0 aliphatic carbocycles. The minimum Gasteiger partial charge on any atom is -0.376 e. The largest absolute Gasteiger partial charge is 0.376 e. The van der Waals surface area contributed by atoms with Gasteiger partial charge in [0.15, 0.2) is 0 Å².